The lowest BCUT2D eigenvalue weighted by atomic mass is 10.1. The summed E-state index contributed by atoms with van der Waals surface area (Å²) in [5, 5.41) is 9.26. The summed E-state index contributed by atoms with van der Waals surface area (Å²) in [6.07, 6.45) is -1.13. The lowest BCUT2D eigenvalue weighted by Gasteiger charge is -2.35. The first kappa shape index (κ1) is 15.4. The van der Waals surface area contributed by atoms with Crippen molar-refractivity contribution in [1.29, 1.82) is 0 Å². The van der Waals surface area contributed by atoms with Gasteiger partial charge in [0.2, 0.25) is 3.79 Å². The molecule has 6 nitrogen and oxygen atoms in total. The predicted octanol–water partition coefficient (Wildman–Crippen LogP) is 0.747. The van der Waals surface area contributed by atoms with Crippen molar-refractivity contribution in [3.63, 3.8) is 0 Å². The summed E-state index contributed by atoms with van der Waals surface area (Å²) in [4.78, 5) is 14.6. The van der Waals surface area contributed by atoms with Gasteiger partial charge in [0.1, 0.15) is 0 Å². The molecule has 0 spiro atoms. The van der Waals surface area contributed by atoms with E-state index in [1.807, 2.05) is 0 Å². The Bertz CT molecular complexity index is 349. The Morgan fingerprint density at radius 3 is 2.47 bits per heavy atom. The summed E-state index contributed by atoms with van der Waals surface area (Å²) < 4.78 is 3.48. The molecule has 2 aliphatic heterocycles. The van der Waals surface area contributed by atoms with E-state index in [4.69, 9.17) is 45.3 Å². The zero-order chi connectivity index (χ0) is 14.2. The van der Waals surface area contributed by atoms with Crippen LogP contribution in [0.25, 0.3) is 0 Å². The highest BCUT2D eigenvalue weighted by molar-refractivity contribution is 6.67. The summed E-state index contributed by atoms with van der Waals surface area (Å²) >= 11 is 17.1. The molecule has 2 atom stereocenters. The topological polar surface area (TPSA) is 79.0 Å². The monoisotopic (exact) mass is 331 g/mol. The summed E-state index contributed by atoms with van der Waals surface area (Å²) in [5.74, 6) is 0. The van der Waals surface area contributed by atoms with E-state index in [0.29, 0.717) is 32.3 Å². The van der Waals surface area contributed by atoms with Gasteiger partial charge in [-0.05, 0) is 0 Å². The zero-order valence-electron chi connectivity index (χ0n) is 10.1. The Morgan fingerprint density at radius 1 is 1.42 bits per heavy atom. The number of amides is 1. The van der Waals surface area contributed by atoms with Crippen LogP contribution < -0.4 is 5.73 Å². The number of nitrogens with two attached hydrogens (primary N) is 1. The van der Waals surface area contributed by atoms with Gasteiger partial charge in [-0.15, -0.1) is 0 Å². The van der Waals surface area contributed by atoms with Gasteiger partial charge in [0, 0.05) is 19.1 Å². The number of halogens is 3. The van der Waals surface area contributed by atoms with E-state index in [-0.39, 0.29) is 18.6 Å². The molecule has 0 aromatic heterocycles. The smallest absolute Gasteiger partial charge is 0.407 e. The number of carbonyl (C=O) groups is 1. The zero-order valence-corrected chi connectivity index (χ0v) is 12.4. The van der Waals surface area contributed by atoms with E-state index < -0.39 is 9.89 Å². The van der Waals surface area contributed by atoms with Gasteiger partial charge in [-0.2, -0.15) is 0 Å². The van der Waals surface area contributed by atoms with Crippen LogP contribution in [0.4, 0.5) is 4.79 Å². The summed E-state index contributed by atoms with van der Waals surface area (Å²) in [6.45, 7) is 2.30. The van der Waals surface area contributed by atoms with Crippen LogP contribution in [0.2, 0.25) is 0 Å². The predicted molar refractivity (Wildman–Crippen MR) is 73.0 cm³/mol. The minimum absolute atomic E-state index is 0.194. The number of nitrogens with zero attached hydrogens (tertiary/aromatic N) is 2. The molecule has 2 aliphatic rings. The Balaban J connectivity index is 2.02. The maximum absolute atomic E-state index is 11.3. The van der Waals surface area contributed by atoms with Crippen molar-refractivity contribution in [2.24, 2.45) is 5.73 Å². The SMILES string of the molecule is N[C@@H]1CN(C2COC2)C[C@@H]1N(CC(Cl)(Cl)Cl)C(=O)O. The molecule has 0 radical (unpaired) electrons. The van der Waals surface area contributed by atoms with Crippen LogP contribution in [0.15, 0.2) is 0 Å². The molecule has 2 saturated heterocycles. The lowest BCUT2D eigenvalue weighted by Crippen LogP contribution is -2.52. The number of hydrogen-bond acceptors (Lipinski definition) is 4. The van der Waals surface area contributed by atoms with Gasteiger partial charge >= 0.3 is 6.09 Å². The van der Waals surface area contributed by atoms with E-state index in [1.54, 1.807) is 0 Å². The first-order valence-electron chi connectivity index (χ1n) is 5.91. The van der Waals surface area contributed by atoms with E-state index in [9.17, 15) is 9.90 Å². The number of likely N-dealkylation sites (tertiary alicyclic amines) is 1. The summed E-state index contributed by atoms with van der Waals surface area (Å²) in [6, 6.07) is -0.336. The molecule has 2 heterocycles. The van der Waals surface area contributed by atoms with Gasteiger partial charge in [-0.3, -0.25) is 9.80 Å². The Kier molecular flexibility index (Phi) is 4.70. The minimum atomic E-state index is -1.65. The van der Waals surface area contributed by atoms with E-state index >= 15 is 0 Å². The van der Waals surface area contributed by atoms with Crippen molar-refractivity contribution in [2.75, 3.05) is 32.8 Å². The van der Waals surface area contributed by atoms with Crippen molar-refractivity contribution in [3.8, 4) is 0 Å². The number of alkyl halides is 3. The molecule has 19 heavy (non-hydrogen) atoms. The maximum Gasteiger partial charge on any atom is 0.407 e. The number of carboxylic acid groups (broad SMARTS) is 1. The van der Waals surface area contributed by atoms with Crippen molar-refractivity contribution < 1.29 is 14.6 Å². The molecule has 0 aromatic carbocycles. The first-order valence-corrected chi connectivity index (χ1v) is 7.05. The minimum Gasteiger partial charge on any atom is -0.465 e. The highest BCUT2D eigenvalue weighted by Crippen LogP contribution is 2.30. The molecular weight excluding hydrogens is 316 g/mol. The second kappa shape index (κ2) is 5.79. The standard InChI is InChI=1S/C10H16Cl3N3O3/c11-10(12,13)5-16(9(17)18)8-2-15(1-7(8)14)6-3-19-4-6/h6-8H,1-5,14H2,(H,17,18)/t7-,8+/m1/s1. The largest absolute Gasteiger partial charge is 0.465 e. The number of rotatable bonds is 3. The number of ether oxygens (including phenoxy) is 1. The molecule has 0 aromatic rings. The van der Waals surface area contributed by atoms with Gasteiger partial charge < -0.3 is 15.6 Å². The van der Waals surface area contributed by atoms with Crippen LogP contribution in [0, 0.1) is 0 Å². The lowest BCUT2D eigenvalue weighted by molar-refractivity contribution is -0.0587. The van der Waals surface area contributed by atoms with E-state index in [1.165, 1.54) is 0 Å². The normalized spacial score (nSPS) is 29.3. The third-order valence-corrected chi connectivity index (χ3v) is 3.85. The molecule has 2 rings (SSSR count). The average molecular weight is 333 g/mol. The van der Waals surface area contributed by atoms with Crippen LogP contribution in [0.3, 0.4) is 0 Å². The fourth-order valence-corrected chi connectivity index (χ4v) is 2.81. The third kappa shape index (κ3) is 3.77. The fourth-order valence-electron chi connectivity index (χ4n) is 2.42. The molecule has 0 aliphatic carbocycles. The first-order chi connectivity index (χ1) is 8.78. The van der Waals surface area contributed by atoms with Crippen molar-refractivity contribution in [2.45, 2.75) is 21.9 Å². The third-order valence-electron chi connectivity index (χ3n) is 3.49. The highest BCUT2D eigenvalue weighted by Gasteiger charge is 2.43. The molecular formula is C10H16Cl3N3O3. The highest BCUT2D eigenvalue weighted by atomic mass is 35.6. The van der Waals surface area contributed by atoms with Gasteiger partial charge in [0.15, 0.2) is 0 Å². The van der Waals surface area contributed by atoms with Crippen LogP contribution in [0.1, 0.15) is 0 Å². The van der Waals surface area contributed by atoms with Gasteiger partial charge in [-0.1, -0.05) is 34.8 Å². The molecule has 0 bridgehead atoms. The number of hydrogen-bond donors (Lipinski definition) is 2. The Labute approximate surface area is 126 Å². The average Bonchev–Trinajstić information content (AvgIpc) is 2.52. The molecule has 9 heteroatoms. The second-order valence-electron chi connectivity index (χ2n) is 4.90. The van der Waals surface area contributed by atoms with E-state index in [0.717, 1.165) is 4.90 Å². The van der Waals surface area contributed by atoms with Crippen molar-refractivity contribution >= 4 is 40.9 Å². The molecule has 0 saturated carbocycles. The van der Waals surface area contributed by atoms with Crippen LogP contribution in [-0.2, 0) is 4.74 Å². The maximum atomic E-state index is 11.3. The van der Waals surface area contributed by atoms with E-state index in [2.05, 4.69) is 4.90 Å². The Hall–Kier alpha value is 0.0200. The van der Waals surface area contributed by atoms with Crippen LogP contribution >= 0.6 is 34.8 Å². The molecule has 110 valence electrons. The summed E-state index contributed by atoms with van der Waals surface area (Å²) in [5.41, 5.74) is 6.03. The fraction of sp³-hybridized carbons (Fsp3) is 0.900. The molecule has 2 fully saturated rings. The van der Waals surface area contributed by atoms with Gasteiger partial charge in [-0.25, -0.2) is 4.79 Å². The van der Waals surface area contributed by atoms with Gasteiger partial charge in [0.05, 0.1) is 31.8 Å². The van der Waals surface area contributed by atoms with Crippen molar-refractivity contribution in [3.05, 3.63) is 0 Å². The van der Waals surface area contributed by atoms with Gasteiger partial charge in [0.25, 0.3) is 0 Å². The molecule has 3 N–H and O–H groups in total. The Morgan fingerprint density at radius 2 is 2.05 bits per heavy atom. The van der Waals surface area contributed by atoms with Crippen molar-refractivity contribution in [1.82, 2.24) is 9.80 Å². The van der Waals surface area contributed by atoms with Crippen LogP contribution in [0.5, 0.6) is 0 Å². The quantitative estimate of drug-likeness (QED) is 0.746. The van der Waals surface area contributed by atoms with Crippen LogP contribution in [-0.4, -0.2) is 75.8 Å². The molecule has 0 unspecified atom stereocenters. The second-order valence-corrected chi connectivity index (χ2v) is 7.42. The molecule has 1 amide bonds. The summed E-state index contributed by atoms with van der Waals surface area (Å²) in [7, 11) is 0.